The Morgan fingerprint density at radius 2 is 2.62 bits per heavy atom. The highest BCUT2D eigenvalue weighted by atomic mass is 35.5. The summed E-state index contributed by atoms with van der Waals surface area (Å²) in [7, 11) is 0. The van der Waals surface area contributed by atoms with E-state index in [2.05, 4.69) is 17.9 Å². The summed E-state index contributed by atoms with van der Waals surface area (Å²) in [6.45, 7) is 1.98. The third-order valence-corrected chi connectivity index (χ3v) is 2.32. The molecule has 1 heterocycles. The van der Waals surface area contributed by atoms with Gasteiger partial charge >= 0.3 is 0 Å². The maximum absolute atomic E-state index is 5.73. The first-order valence-corrected chi connectivity index (χ1v) is 3.79. The lowest BCUT2D eigenvalue weighted by Crippen LogP contribution is -2.20. The van der Waals surface area contributed by atoms with Gasteiger partial charge in [0.1, 0.15) is 0 Å². The van der Waals surface area contributed by atoms with Gasteiger partial charge in [-0.2, -0.15) is 0 Å². The van der Waals surface area contributed by atoms with E-state index in [0.29, 0.717) is 0 Å². The topological polar surface area (TPSA) is 12.0 Å². The van der Waals surface area contributed by atoms with E-state index < -0.39 is 3.66 Å². The van der Waals surface area contributed by atoms with Crippen LogP contribution in [0.2, 0.25) is 0 Å². The Bertz CT molecular complexity index is 132. The summed E-state index contributed by atoms with van der Waals surface area (Å²) in [6.07, 6.45) is 1.85. The maximum atomic E-state index is 5.73. The molecule has 1 aliphatic heterocycles. The summed E-state index contributed by atoms with van der Waals surface area (Å²) in [5, 5.41) is 2.88. The number of rotatable bonds is 0. The zero-order valence-electron chi connectivity index (χ0n) is 4.31. The molecule has 0 saturated heterocycles. The molecule has 0 saturated carbocycles. The lowest BCUT2D eigenvalue weighted by Gasteiger charge is -2.11. The van der Waals surface area contributed by atoms with Crippen molar-refractivity contribution < 1.29 is 0 Å². The van der Waals surface area contributed by atoms with E-state index >= 15 is 0 Å². The molecule has 46 valence electrons. The quantitative estimate of drug-likeness (QED) is 0.325. The zero-order valence-corrected chi connectivity index (χ0v) is 6.78. The molecule has 1 rings (SSSR count). The van der Waals surface area contributed by atoms with Crippen molar-refractivity contribution in [3.8, 4) is 0 Å². The average Bonchev–Trinajstić information content (AvgIpc) is 1.82. The van der Waals surface area contributed by atoms with Gasteiger partial charge in [0.2, 0.25) is 3.66 Å². The molecule has 1 unspecified atom stereocenters. The molecule has 0 amide bonds. The molecule has 1 nitrogen and oxygen atoms in total. The van der Waals surface area contributed by atoms with Gasteiger partial charge in [0.25, 0.3) is 0 Å². The molecule has 4 heteroatoms. The van der Waals surface area contributed by atoms with Crippen molar-refractivity contribution in [2.75, 3.05) is 0 Å². The van der Waals surface area contributed by atoms with Crippen molar-refractivity contribution in [3.63, 3.8) is 0 Å². The van der Waals surface area contributed by atoms with Gasteiger partial charge in [-0.3, -0.25) is 0 Å². The normalized spacial score (nSPS) is 36.6. The highest BCUT2D eigenvalue weighted by molar-refractivity contribution is 8.16. The molecule has 0 aromatic heterocycles. The third-order valence-electron chi connectivity index (χ3n) is 0.750. The summed E-state index contributed by atoms with van der Waals surface area (Å²) in [5.41, 5.74) is 0. The van der Waals surface area contributed by atoms with E-state index in [9.17, 15) is 0 Å². The number of thiol groups is 1. The maximum Gasteiger partial charge on any atom is 0.208 e. The fourth-order valence-electron chi connectivity index (χ4n) is 0.463. The second-order valence-corrected chi connectivity index (χ2v) is 5.05. The van der Waals surface area contributed by atoms with Crippen LogP contribution in [0.3, 0.4) is 0 Å². The molecular formula is C4H6ClNS2. The van der Waals surface area contributed by atoms with Gasteiger partial charge in [-0.1, -0.05) is 23.4 Å². The summed E-state index contributed by atoms with van der Waals surface area (Å²) in [5.74, 6) is 0. The molecule has 0 bridgehead atoms. The predicted octanol–water partition coefficient (Wildman–Crippen LogP) is 1.96. The monoisotopic (exact) mass is 167 g/mol. The summed E-state index contributed by atoms with van der Waals surface area (Å²) in [4.78, 5) is 1.16. The first-order valence-electron chi connectivity index (χ1n) is 2.15. The Morgan fingerprint density at radius 3 is 2.75 bits per heavy atom. The first kappa shape index (κ1) is 6.65. The summed E-state index contributed by atoms with van der Waals surface area (Å²) < 4.78 is -0.593. The van der Waals surface area contributed by atoms with Crippen molar-refractivity contribution in [2.24, 2.45) is 0 Å². The second kappa shape index (κ2) is 2.05. The first-order chi connectivity index (χ1) is 3.60. The minimum absolute atomic E-state index is 0.593. The number of nitrogens with one attached hydrogen (secondary N) is 1. The van der Waals surface area contributed by atoms with E-state index in [-0.39, 0.29) is 0 Å². The van der Waals surface area contributed by atoms with Gasteiger partial charge in [0.15, 0.2) is 0 Å². The van der Waals surface area contributed by atoms with Crippen LogP contribution in [0, 0.1) is 0 Å². The number of alkyl halides is 1. The zero-order chi connectivity index (χ0) is 6.20. The number of thioether (sulfide) groups is 1. The number of hydrogen-bond donors (Lipinski definition) is 2. The van der Waals surface area contributed by atoms with Crippen molar-refractivity contribution in [3.05, 3.63) is 11.1 Å². The molecule has 0 aromatic rings. The Kier molecular flexibility index (Phi) is 1.70. The lowest BCUT2D eigenvalue weighted by atomic mass is 10.7. The standard InChI is InChI=1S/C4H6ClNS2/c1-3-2-6-4(5,7)8-3/h2,6-7H,1H3. The minimum Gasteiger partial charge on any atom is -0.355 e. The van der Waals surface area contributed by atoms with E-state index in [1.54, 1.807) is 0 Å². The molecule has 1 N–H and O–H groups in total. The average molecular weight is 168 g/mol. The predicted molar refractivity (Wildman–Crippen MR) is 42.1 cm³/mol. The van der Waals surface area contributed by atoms with Crippen LogP contribution >= 0.6 is 36.0 Å². The Hall–Kier alpha value is 0.530. The van der Waals surface area contributed by atoms with Crippen molar-refractivity contribution in [1.82, 2.24) is 5.32 Å². The van der Waals surface area contributed by atoms with Gasteiger partial charge in [0.05, 0.1) is 0 Å². The molecule has 1 aliphatic rings. The smallest absolute Gasteiger partial charge is 0.208 e. The van der Waals surface area contributed by atoms with Crippen molar-refractivity contribution in [2.45, 2.75) is 10.6 Å². The molecule has 8 heavy (non-hydrogen) atoms. The molecule has 0 fully saturated rings. The van der Waals surface area contributed by atoms with Gasteiger partial charge in [-0.15, -0.1) is 12.6 Å². The van der Waals surface area contributed by atoms with E-state index in [1.165, 1.54) is 11.8 Å². The van der Waals surface area contributed by atoms with Crippen LogP contribution in [0.25, 0.3) is 0 Å². The Morgan fingerprint density at radius 1 is 2.00 bits per heavy atom. The molecule has 1 atom stereocenters. The van der Waals surface area contributed by atoms with E-state index in [0.717, 1.165) is 4.91 Å². The van der Waals surface area contributed by atoms with Gasteiger partial charge in [-0.25, -0.2) is 0 Å². The minimum atomic E-state index is -0.593. The summed E-state index contributed by atoms with van der Waals surface area (Å²) in [6, 6.07) is 0. The third kappa shape index (κ3) is 1.50. The number of allylic oxidation sites excluding steroid dienone is 1. The molecule has 0 aliphatic carbocycles. The number of halogens is 1. The highest BCUT2D eigenvalue weighted by Gasteiger charge is 2.25. The Labute approximate surface area is 63.3 Å². The van der Waals surface area contributed by atoms with E-state index in [4.69, 9.17) is 11.6 Å². The number of hydrogen-bond acceptors (Lipinski definition) is 3. The lowest BCUT2D eigenvalue weighted by molar-refractivity contribution is 0.969. The summed E-state index contributed by atoms with van der Waals surface area (Å²) >= 11 is 11.3. The van der Waals surface area contributed by atoms with Gasteiger partial charge in [0, 0.05) is 11.1 Å². The van der Waals surface area contributed by atoms with Gasteiger partial charge in [-0.05, 0) is 6.92 Å². The molecule has 0 spiro atoms. The highest BCUT2D eigenvalue weighted by Crippen LogP contribution is 2.40. The van der Waals surface area contributed by atoms with Crippen LogP contribution in [-0.2, 0) is 0 Å². The van der Waals surface area contributed by atoms with Crippen LogP contribution in [0.5, 0.6) is 0 Å². The van der Waals surface area contributed by atoms with Crippen molar-refractivity contribution >= 4 is 36.0 Å². The fraction of sp³-hybridized carbons (Fsp3) is 0.500. The van der Waals surface area contributed by atoms with E-state index in [1.807, 2.05) is 13.1 Å². The largest absolute Gasteiger partial charge is 0.355 e. The van der Waals surface area contributed by atoms with Crippen LogP contribution in [0.1, 0.15) is 6.92 Å². The van der Waals surface area contributed by atoms with Crippen LogP contribution in [0.4, 0.5) is 0 Å². The fourth-order valence-corrected chi connectivity index (χ4v) is 2.04. The molecule has 0 aromatic carbocycles. The molecule has 0 radical (unpaired) electrons. The van der Waals surface area contributed by atoms with Crippen LogP contribution in [0.15, 0.2) is 11.1 Å². The van der Waals surface area contributed by atoms with Crippen LogP contribution in [-0.4, -0.2) is 3.66 Å². The second-order valence-electron chi connectivity index (χ2n) is 1.56. The van der Waals surface area contributed by atoms with Gasteiger partial charge < -0.3 is 5.32 Å². The van der Waals surface area contributed by atoms with Crippen molar-refractivity contribution in [1.29, 1.82) is 0 Å². The van der Waals surface area contributed by atoms with Crippen LogP contribution < -0.4 is 5.32 Å². The Balaban J connectivity index is 2.55. The molecular weight excluding hydrogens is 162 g/mol. The SMILES string of the molecule is CC1=CNC(S)(Cl)S1.